The summed E-state index contributed by atoms with van der Waals surface area (Å²) in [6, 6.07) is 13.2. The first-order valence-electron chi connectivity index (χ1n) is 9.19. The Bertz CT molecular complexity index is 840. The van der Waals surface area contributed by atoms with E-state index in [1.807, 2.05) is 24.3 Å². The van der Waals surface area contributed by atoms with Crippen LogP contribution in [0.2, 0.25) is 0 Å². The van der Waals surface area contributed by atoms with Gasteiger partial charge in [0.15, 0.2) is 0 Å². The Morgan fingerprint density at radius 2 is 1.85 bits per heavy atom. The number of hydrogen-bond acceptors (Lipinski definition) is 3. The van der Waals surface area contributed by atoms with Crippen LogP contribution in [0.5, 0.6) is 0 Å². The van der Waals surface area contributed by atoms with Crippen molar-refractivity contribution in [1.29, 1.82) is 5.26 Å². The highest BCUT2D eigenvalue weighted by molar-refractivity contribution is 5.90. The third kappa shape index (κ3) is 5.28. The number of rotatable bonds is 5. The van der Waals surface area contributed by atoms with Crippen molar-refractivity contribution < 1.29 is 9.18 Å². The molecule has 27 heavy (non-hydrogen) atoms. The number of benzene rings is 2. The highest BCUT2D eigenvalue weighted by Crippen LogP contribution is 2.17. The Hall–Kier alpha value is -2.91. The first-order chi connectivity index (χ1) is 13.2. The van der Waals surface area contributed by atoms with Crippen LogP contribution in [-0.2, 0) is 13.1 Å². The molecule has 0 spiro atoms. The van der Waals surface area contributed by atoms with Gasteiger partial charge in [0, 0.05) is 13.1 Å². The van der Waals surface area contributed by atoms with Gasteiger partial charge in [0.2, 0.25) is 0 Å². The second-order valence-corrected chi connectivity index (χ2v) is 6.71. The van der Waals surface area contributed by atoms with Gasteiger partial charge in [-0.25, -0.2) is 9.18 Å². The van der Waals surface area contributed by atoms with E-state index in [1.165, 1.54) is 37.0 Å². The Morgan fingerprint density at radius 1 is 1.11 bits per heavy atom. The molecule has 0 aromatic heterocycles. The van der Waals surface area contributed by atoms with Crippen LogP contribution in [0.15, 0.2) is 42.5 Å². The maximum atomic E-state index is 13.2. The van der Waals surface area contributed by atoms with Gasteiger partial charge in [0.25, 0.3) is 0 Å². The van der Waals surface area contributed by atoms with Gasteiger partial charge in [-0.3, -0.25) is 4.90 Å². The van der Waals surface area contributed by atoms with E-state index in [-0.39, 0.29) is 11.3 Å². The Labute approximate surface area is 158 Å². The van der Waals surface area contributed by atoms with Gasteiger partial charge in [-0.1, -0.05) is 30.7 Å². The molecule has 0 radical (unpaired) electrons. The van der Waals surface area contributed by atoms with E-state index >= 15 is 0 Å². The number of nitrogens with zero attached hydrogens (tertiary/aromatic N) is 2. The minimum Gasteiger partial charge on any atom is -0.334 e. The van der Waals surface area contributed by atoms with Gasteiger partial charge in [-0.15, -0.1) is 0 Å². The third-order valence-corrected chi connectivity index (χ3v) is 4.75. The van der Waals surface area contributed by atoms with E-state index in [2.05, 4.69) is 21.6 Å². The number of amides is 2. The Kier molecular flexibility index (Phi) is 6.39. The zero-order valence-electron chi connectivity index (χ0n) is 15.2. The molecule has 0 aliphatic carbocycles. The quantitative estimate of drug-likeness (QED) is 0.840. The van der Waals surface area contributed by atoms with Gasteiger partial charge < -0.3 is 10.6 Å². The molecule has 2 aromatic rings. The lowest BCUT2D eigenvalue weighted by Gasteiger charge is -2.27. The minimum atomic E-state index is -0.510. The second kappa shape index (κ2) is 9.15. The lowest BCUT2D eigenvalue weighted by atomic mass is 10.0. The molecular weight excluding hydrogens is 343 g/mol. The molecule has 3 rings (SSSR count). The number of likely N-dealkylation sites (tertiary alicyclic amines) is 1. The molecule has 1 aliphatic rings. The van der Waals surface area contributed by atoms with Crippen molar-refractivity contribution in [3.63, 3.8) is 0 Å². The summed E-state index contributed by atoms with van der Waals surface area (Å²) < 4.78 is 13.2. The first-order valence-corrected chi connectivity index (χ1v) is 9.19. The number of nitriles is 1. The summed E-state index contributed by atoms with van der Waals surface area (Å²) in [6.07, 6.45) is 3.78. The largest absolute Gasteiger partial charge is 0.334 e. The maximum Gasteiger partial charge on any atom is 0.319 e. The van der Waals surface area contributed by atoms with Gasteiger partial charge >= 0.3 is 6.03 Å². The van der Waals surface area contributed by atoms with Crippen LogP contribution >= 0.6 is 0 Å². The number of carbonyl (C=O) groups is 1. The molecule has 0 bridgehead atoms. The summed E-state index contributed by atoms with van der Waals surface area (Å²) in [4.78, 5) is 14.6. The van der Waals surface area contributed by atoms with Crippen molar-refractivity contribution in [3.05, 3.63) is 65.0 Å². The van der Waals surface area contributed by atoms with E-state index in [4.69, 9.17) is 5.26 Å². The lowest BCUT2D eigenvalue weighted by Crippen LogP contribution is -2.31. The monoisotopic (exact) mass is 366 g/mol. The van der Waals surface area contributed by atoms with Crippen LogP contribution < -0.4 is 10.6 Å². The maximum absolute atomic E-state index is 13.2. The summed E-state index contributed by atoms with van der Waals surface area (Å²) in [5.74, 6) is -0.510. The molecular formula is C21H23FN4O. The van der Waals surface area contributed by atoms with Crippen molar-refractivity contribution >= 4 is 11.7 Å². The van der Waals surface area contributed by atoms with Crippen molar-refractivity contribution in [1.82, 2.24) is 10.2 Å². The highest BCUT2D eigenvalue weighted by Gasteiger charge is 2.13. The number of hydrogen-bond donors (Lipinski definition) is 2. The zero-order valence-corrected chi connectivity index (χ0v) is 15.2. The lowest BCUT2D eigenvalue weighted by molar-refractivity contribution is 0.220. The molecule has 1 heterocycles. The fourth-order valence-electron chi connectivity index (χ4n) is 3.30. The normalized spacial score (nSPS) is 14.4. The zero-order chi connectivity index (χ0) is 19.1. The number of urea groups is 1. The van der Waals surface area contributed by atoms with Crippen LogP contribution in [0, 0.1) is 17.1 Å². The van der Waals surface area contributed by atoms with Crippen LogP contribution in [-0.4, -0.2) is 24.0 Å². The van der Waals surface area contributed by atoms with Gasteiger partial charge in [-0.05, 0) is 55.3 Å². The van der Waals surface area contributed by atoms with Crippen molar-refractivity contribution in [2.75, 3.05) is 18.4 Å². The van der Waals surface area contributed by atoms with Gasteiger partial charge in [-0.2, -0.15) is 5.26 Å². The van der Waals surface area contributed by atoms with Crippen molar-refractivity contribution in [2.45, 2.75) is 32.4 Å². The molecule has 140 valence electrons. The number of anilines is 1. The van der Waals surface area contributed by atoms with Gasteiger partial charge in [0.1, 0.15) is 11.9 Å². The summed E-state index contributed by atoms with van der Waals surface area (Å²) >= 11 is 0. The molecule has 2 amide bonds. The molecule has 2 aromatic carbocycles. The van der Waals surface area contributed by atoms with E-state index in [1.54, 1.807) is 0 Å². The summed E-state index contributed by atoms with van der Waals surface area (Å²) in [7, 11) is 0. The van der Waals surface area contributed by atoms with E-state index in [0.717, 1.165) is 31.3 Å². The average Bonchev–Trinajstić information content (AvgIpc) is 2.69. The Balaban J connectivity index is 1.60. The first kappa shape index (κ1) is 18.9. The van der Waals surface area contributed by atoms with E-state index in [9.17, 15) is 9.18 Å². The van der Waals surface area contributed by atoms with Crippen LogP contribution in [0.25, 0.3) is 0 Å². The average molecular weight is 366 g/mol. The third-order valence-electron chi connectivity index (χ3n) is 4.75. The van der Waals surface area contributed by atoms with Gasteiger partial charge in [0.05, 0.1) is 11.3 Å². The number of carbonyl (C=O) groups excluding carboxylic acids is 1. The molecule has 0 unspecified atom stereocenters. The van der Waals surface area contributed by atoms with Crippen LogP contribution in [0.4, 0.5) is 14.9 Å². The van der Waals surface area contributed by atoms with Crippen LogP contribution in [0.3, 0.4) is 0 Å². The van der Waals surface area contributed by atoms with Crippen molar-refractivity contribution in [3.8, 4) is 6.07 Å². The SMILES string of the molecule is N#Cc1cc(F)ccc1NC(=O)NCc1ccccc1CN1CCCCC1. The van der Waals surface area contributed by atoms with E-state index < -0.39 is 11.8 Å². The summed E-state index contributed by atoms with van der Waals surface area (Å²) in [6.45, 7) is 3.50. The number of nitrogens with one attached hydrogen (secondary N) is 2. The fraction of sp³-hybridized carbons (Fsp3) is 0.333. The second-order valence-electron chi connectivity index (χ2n) is 6.71. The molecule has 5 nitrogen and oxygen atoms in total. The molecule has 2 N–H and O–H groups in total. The molecule has 0 saturated carbocycles. The summed E-state index contributed by atoms with van der Waals surface area (Å²) in [5.41, 5.74) is 2.66. The molecule has 0 atom stereocenters. The van der Waals surface area contributed by atoms with Crippen molar-refractivity contribution in [2.24, 2.45) is 0 Å². The molecule has 6 heteroatoms. The standard InChI is InChI=1S/C21H23FN4O/c22-19-8-9-20(18(12-19)13-23)25-21(27)24-14-16-6-2-3-7-17(16)15-26-10-4-1-5-11-26/h2-3,6-9,12H,1,4-5,10-11,14-15H2,(H2,24,25,27). The number of halogens is 1. The molecule has 1 saturated heterocycles. The molecule has 1 aliphatic heterocycles. The van der Waals surface area contributed by atoms with E-state index in [0.29, 0.717) is 6.54 Å². The fourth-order valence-corrected chi connectivity index (χ4v) is 3.30. The number of piperidine rings is 1. The highest BCUT2D eigenvalue weighted by atomic mass is 19.1. The predicted molar refractivity (Wildman–Crippen MR) is 103 cm³/mol. The predicted octanol–water partition coefficient (Wildman–Crippen LogP) is 4.00. The summed E-state index contributed by atoms with van der Waals surface area (Å²) in [5, 5.41) is 14.5. The Morgan fingerprint density at radius 3 is 2.59 bits per heavy atom. The minimum absolute atomic E-state index is 0.0932. The topological polar surface area (TPSA) is 68.2 Å². The molecule has 1 fully saturated rings. The smallest absolute Gasteiger partial charge is 0.319 e. The van der Waals surface area contributed by atoms with Crippen LogP contribution in [0.1, 0.15) is 36.0 Å².